The fourth-order valence-corrected chi connectivity index (χ4v) is 4.58. The van der Waals surface area contributed by atoms with Gasteiger partial charge in [-0.25, -0.2) is 9.18 Å². The summed E-state index contributed by atoms with van der Waals surface area (Å²) in [6.45, 7) is 6.28. The normalized spacial score (nSPS) is 23.4. The quantitative estimate of drug-likeness (QED) is 0.743. The summed E-state index contributed by atoms with van der Waals surface area (Å²) < 4.78 is 19.8. The lowest BCUT2D eigenvalue weighted by Crippen LogP contribution is -2.35. The molecule has 158 valence electrons. The highest BCUT2D eigenvalue weighted by Gasteiger charge is 2.37. The molecule has 3 aliphatic rings. The lowest BCUT2D eigenvalue weighted by molar-refractivity contribution is -0.157. The number of nitrogens with zero attached hydrogens (tertiary/aromatic N) is 1. The van der Waals surface area contributed by atoms with Gasteiger partial charge in [0.2, 0.25) is 0 Å². The largest absolute Gasteiger partial charge is 0.458 e. The topological polar surface area (TPSA) is 80.6 Å². The Hall–Kier alpha value is -2.93. The van der Waals surface area contributed by atoms with Gasteiger partial charge in [-0.2, -0.15) is 0 Å². The number of carbonyl (C=O) groups excluding carboxylic acids is 1. The van der Waals surface area contributed by atoms with E-state index < -0.39 is 12.1 Å². The first-order valence-corrected chi connectivity index (χ1v) is 10.2. The molecule has 4 heterocycles. The van der Waals surface area contributed by atoms with Crippen LogP contribution in [-0.4, -0.2) is 21.7 Å². The monoisotopic (exact) mass is 412 g/mol. The highest BCUT2D eigenvalue weighted by molar-refractivity contribution is 5.81. The first-order valence-electron chi connectivity index (χ1n) is 10.2. The lowest BCUT2D eigenvalue weighted by atomic mass is 9.83. The molecule has 2 unspecified atom stereocenters. The van der Waals surface area contributed by atoms with Crippen molar-refractivity contribution in [3.8, 4) is 0 Å². The average Bonchev–Trinajstić information content (AvgIpc) is 3.10. The number of esters is 1. The molecule has 4 rings (SSSR count). The van der Waals surface area contributed by atoms with Crippen molar-refractivity contribution in [2.45, 2.75) is 58.9 Å². The molecular weight excluding hydrogens is 387 g/mol. The average molecular weight is 412 g/mol. The molecule has 0 saturated carbocycles. The van der Waals surface area contributed by atoms with Gasteiger partial charge in [0, 0.05) is 11.1 Å². The maximum absolute atomic E-state index is 13.2. The third-order valence-electron chi connectivity index (χ3n) is 6.11. The van der Waals surface area contributed by atoms with E-state index in [0.29, 0.717) is 24.1 Å². The summed E-state index contributed by atoms with van der Waals surface area (Å²) in [4.78, 5) is 25.0. The van der Waals surface area contributed by atoms with E-state index in [0.717, 1.165) is 40.8 Å². The molecule has 0 aliphatic carbocycles. The Morgan fingerprint density at radius 2 is 2.20 bits per heavy atom. The van der Waals surface area contributed by atoms with Crippen molar-refractivity contribution in [2.75, 3.05) is 0 Å². The number of pyridine rings is 1. The number of aromatic nitrogens is 1. The van der Waals surface area contributed by atoms with Gasteiger partial charge in [-0.15, -0.1) is 0 Å². The SMILES string of the molecule is C/C=C(\C)C1=C(CCC)C2=C(NC1/C=C/F)c1cc3c(c(=O)n1C2)COC(=O)C3O. The second-order valence-corrected chi connectivity index (χ2v) is 7.77. The van der Waals surface area contributed by atoms with Crippen LogP contribution in [0.1, 0.15) is 56.5 Å². The maximum Gasteiger partial charge on any atom is 0.340 e. The molecule has 0 fully saturated rings. The van der Waals surface area contributed by atoms with Crippen LogP contribution in [0.5, 0.6) is 0 Å². The van der Waals surface area contributed by atoms with E-state index in [1.54, 1.807) is 10.6 Å². The van der Waals surface area contributed by atoms with Crippen LogP contribution in [-0.2, 0) is 22.7 Å². The van der Waals surface area contributed by atoms with Gasteiger partial charge in [0.15, 0.2) is 6.10 Å². The van der Waals surface area contributed by atoms with Crippen LogP contribution in [0.15, 0.2) is 51.6 Å². The lowest BCUT2D eigenvalue weighted by Gasteiger charge is -2.31. The van der Waals surface area contributed by atoms with Crippen molar-refractivity contribution in [3.63, 3.8) is 0 Å². The Morgan fingerprint density at radius 3 is 2.87 bits per heavy atom. The van der Waals surface area contributed by atoms with Crippen molar-refractivity contribution in [1.29, 1.82) is 0 Å². The molecule has 0 saturated heterocycles. The first-order chi connectivity index (χ1) is 14.4. The van der Waals surface area contributed by atoms with Crippen LogP contribution >= 0.6 is 0 Å². The van der Waals surface area contributed by atoms with Crippen molar-refractivity contribution in [1.82, 2.24) is 9.88 Å². The van der Waals surface area contributed by atoms with Gasteiger partial charge in [-0.05, 0) is 49.1 Å². The standard InChI is InChI=1S/C23H25FN2O4/c1-4-6-13-15-10-26-18(9-14-16(22(26)28)11-30-23(29)21(14)27)20(15)25-17(7-8-24)19(13)12(3)5-2/h5,7-9,17,21,25,27H,4,6,10-11H2,1-3H3/b8-7+,12-5+. The molecule has 30 heavy (non-hydrogen) atoms. The number of dihydropyridines is 1. The molecule has 0 aromatic carbocycles. The Bertz CT molecular complexity index is 1110. The Labute approximate surface area is 174 Å². The van der Waals surface area contributed by atoms with Crippen LogP contribution in [0.3, 0.4) is 0 Å². The van der Waals surface area contributed by atoms with Crippen LogP contribution in [0.4, 0.5) is 4.39 Å². The number of hydrogen-bond acceptors (Lipinski definition) is 5. The number of nitrogens with one attached hydrogen (secondary N) is 1. The molecule has 0 spiro atoms. The predicted octanol–water partition coefficient (Wildman–Crippen LogP) is 3.18. The van der Waals surface area contributed by atoms with Crippen molar-refractivity contribution >= 4 is 11.7 Å². The number of ether oxygens (including phenoxy) is 1. The molecule has 0 bridgehead atoms. The Kier molecular flexibility index (Phi) is 5.24. The minimum absolute atomic E-state index is 0.143. The molecule has 0 amide bonds. The molecule has 7 heteroatoms. The van der Waals surface area contributed by atoms with Gasteiger partial charge < -0.3 is 19.7 Å². The second-order valence-electron chi connectivity index (χ2n) is 7.77. The van der Waals surface area contributed by atoms with E-state index in [4.69, 9.17) is 4.74 Å². The van der Waals surface area contributed by atoms with Crippen LogP contribution in [0.2, 0.25) is 0 Å². The van der Waals surface area contributed by atoms with Gasteiger partial charge in [0.1, 0.15) is 6.61 Å². The van der Waals surface area contributed by atoms with Crippen LogP contribution in [0, 0.1) is 0 Å². The summed E-state index contributed by atoms with van der Waals surface area (Å²) in [6.07, 6.45) is 4.22. The van der Waals surface area contributed by atoms with E-state index in [2.05, 4.69) is 12.2 Å². The molecule has 1 aromatic rings. The van der Waals surface area contributed by atoms with E-state index in [1.807, 2.05) is 19.9 Å². The molecular formula is C23H25FN2O4. The highest BCUT2D eigenvalue weighted by atomic mass is 19.1. The number of rotatable bonds is 4. The minimum Gasteiger partial charge on any atom is -0.458 e. The van der Waals surface area contributed by atoms with Crippen molar-refractivity contribution in [2.24, 2.45) is 0 Å². The van der Waals surface area contributed by atoms with E-state index in [-0.39, 0.29) is 23.8 Å². The number of fused-ring (bicyclic) bond motifs is 3. The van der Waals surface area contributed by atoms with E-state index in [1.165, 1.54) is 6.08 Å². The molecule has 6 nitrogen and oxygen atoms in total. The number of aliphatic hydroxyl groups is 1. The zero-order valence-corrected chi connectivity index (χ0v) is 17.3. The summed E-state index contributed by atoms with van der Waals surface area (Å²) in [7, 11) is 0. The summed E-state index contributed by atoms with van der Waals surface area (Å²) in [5, 5.41) is 13.6. The molecule has 0 radical (unpaired) electrons. The minimum atomic E-state index is -1.48. The number of cyclic esters (lactones) is 1. The smallest absolute Gasteiger partial charge is 0.340 e. The number of hydrogen-bond donors (Lipinski definition) is 2. The van der Waals surface area contributed by atoms with Gasteiger partial charge in [0.05, 0.1) is 35.9 Å². The Balaban J connectivity index is 1.94. The number of allylic oxidation sites excluding steroid dienone is 3. The fourth-order valence-electron chi connectivity index (χ4n) is 4.58. The molecule has 2 N–H and O–H groups in total. The van der Waals surface area contributed by atoms with Gasteiger partial charge in [0.25, 0.3) is 5.56 Å². The third kappa shape index (κ3) is 2.96. The Morgan fingerprint density at radius 1 is 1.43 bits per heavy atom. The second kappa shape index (κ2) is 7.72. The molecule has 3 aliphatic heterocycles. The van der Waals surface area contributed by atoms with Gasteiger partial charge in [-0.1, -0.05) is 19.4 Å². The molecule has 2 atom stereocenters. The number of aliphatic hydroxyl groups excluding tert-OH is 1. The van der Waals surface area contributed by atoms with Crippen molar-refractivity contribution in [3.05, 3.63) is 74.0 Å². The highest BCUT2D eigenvalue weighted by Crippen LogP contribution is 2.41. The van der Waals surface area contributed by atoms with Gasteiger partial charge >= 0.3 is 5.97 Å². The third-order valence-corrected chi connectivity index (χ3v) is 6.11. The summed E-state index contributed by atoms with van der Waals surface area (Å²) in [5.41, 5.74) is 5.85. The summed E-state index contributed by atoms with van der Waals surface area (Å²) >= 11 is 0. The molecule has 1 aromatic heterocycles. The van der Waals surface area contributed by atoms with Crippen LogP contribution < -0.4 is 10.9 Å². The zero-order valence-electron chi connectivity index (χ0n) is 17.3. The predicted molar refractivity (Wildman–Crippen MR) is 111 cm³/mol. The summed E-state index contributed by atoms with van der Waals surface area (Å²) in [5.74, 6) is -0.758. The van der Waals surface area contributed by atoms with Gasteiger partial charge in [-0.3, -0.25) is 4.79 Å². The maximum atomic E-state index is 13.2. The number of carbonyl (C=O) groups is 1. The van der Waals surface area contributed by atoms with E-state index in [9.17, 15) is 19.1 Å². The van der Waals surface area contributed by atoms with E-state index >= 15 is 0 Å². The number of halogens is 1. The van der Waals surface area contributed by atoms with Crippen molar-refractivity contribution < 1.29 is 19.0 Å². The summed E-state index contributed by atoms with van der Waals surface area (Å²) in [6, 6.07) is 1.31. The fraction of sp³-hybridized carbons (Fsp3) is 0.391. The van der Waals surface area contributed by atoms with Crippen LogP contribution in [0.25, 0.3) is 5.70 Å². The zero-order chi connectivity index (χ0) is 21.6. The first kappa shape index (κ1) is 20.3.